The minimum Gasteiger partial charge on any atom is -0.444 e. The Hall–Kier alpha value is -1.30. The number of carbonyl (C=O) groups excluding carboxylic acids is 1. The molecule has 0 atom stereocenters. The van der Waals surface area contributed by atoms with E-state index in [1.54, 1.807) is 0 Å². The summed E-state index contributed by atoms with van der Waals surface area (Å²) in [5.41, 5.74) is 0.981. The standard InChI is InChI=1S/C21H33N3O2.ClH/c1-21(2,3)26-20(25)24-11-9-19(10-12-24)23-15-13-22(14-16-23)17-18-7-5-4-6-8-18;/h4-8,19H,9-17H2,1-3H3;1H. The molecule has 1 aromatic rings. The Labute approximate surface area is 170 Å². The second kappa shape index (κ2) is 9.76. The van der Waals surface area contributed by atoms with Crippen molar-refractivity contribution in [3.63, 3.8) is 0 Å². The van der Waals surface area contributed by atoms with E-state index in [4.69, 9.17) is 4.74 Å². The summed E-state index contributed by atoms with van der Waals surface area (Å²) >= 11 is 0. The van der Waals surface area contributed by atoms with Crippen LogP contribution >= 0.6 is 12.4 Å². The highest BCUT2D eigenvalue weighted by Crippen LogP contribution is 2.21. The number of carbonyl (C=O) groups is 1. The summed E-state index contributed by atoms with van der Waals surface area (Å²) in [6.07, 6.45) is 1.94. The zero-order valence-electron chi connectivity index (χ0n) is 16.9. The molecule has 0 radical (unpaired) electrons. The number of rotatable bonds is 3. The van der Waals surface area contributed by atoms with Gasteiger partial charge in [0.25, 0.3) is 0 Å². The number of likely N-dealkylation sites (tertiary alicyclic amines) is 1. The first-order valence-corrected chi connectivity index (χ1v) is 9.89. The summed E-state index contributed by atoms with van der Waals surface area (Å²) < 4.78 is 5.50. The van der Waals surface area contributed by atoms with Crippen molar-refractivity contribution in [1.82, 2.24) is 14.7 Å². The van der Waals surface area contributed by atoms with Gasteiger partial charge in [-0.05, 0) is 39.2 Å². The number of piperidine rings is 1. The van der Waals surface area contributed by atoms with E-state index in [0.717, 1.165) is 58.7 Å². The summed E-state index contributed by atoms with van der Waals surface area (Å²) in [5.74, 6) is 0. The number of piperazine rings is 1. The van der Waals surface area contributed by atoms with Crippen LogP contribution in [0.3, 0.4) is 0 Å². The van der Waals surface area contributed by atoms with Crippen molar-refractivity contribution in [3.8, 4) is 0 Å². The maximum atomic E-state index is 12.2. The predicted molar refractivity (Wildman–Crippen MR) is 111 cm³/mol. The molecule has 0 N–H and O–H groups in total. The van der Waals surface area contributed by atoms with Crippen molar-refractivity contribution < 1.29 is 9.53 Å². The Bertz CT molecular complexity index is 575. The molecule has 1 aromatic carbocycles. The molecule has 0 aliphatic carbocycles. The lowest BCUT2D eigenvalue weighted by Gasteiger charge is -2.42. The molecule has 27 heavy (non-hydrogen) atoms. The van der Waals surface area contributed by atoms with E-state index in [-0.39, 0.29) is 18.5 Å². The fourth-order valence-corrected chi connectivity index (χ4v) is 3.87. The molecule has 2 aliphatic rings. The molecule has 0 unspecified atom stereocenters. The summed E-state index contributed by atoms with van der Waals surface area (Å²) in [6.45, 7) is 12.9. The van der Waals surface area contributed by atoms with Gasteiger partial charge in [-0.1, -0.05) is 30.3 Å². The van der Waals surface area contributed by atoms with Gasteiger partial charge < -0.3 is 9.64 Å². The Morgan fingerprint density at radius 2 is 1.59 bits per heavy atom. The van der Waals surface area contributed by atoms with Crippen molar-refractivity contribution in [1.29, 1.82) is 0 Å². The van der Waals surface area contributed by atoms with Gasteiger partial charge in [0.05, 0.1) is 0 Å². The van der Waals surface area contributed by atoms with Gasteiger partial charge in [0, 0.05) is 51.9 Å². The van der Waals surface area contributed by atoms with Crippen LogP contribution in [0.4, 0.5) is 4.79 Å². The third-order valence-electron chi connectivity index (χ3n) is 5.29. The first-order chi connectivity index (χ1) is 12.4. The topological polar surface area (TPSA) is 36.0 Å². The Balaban J connectivity index is 0.00000261. The number of halogens is 1. The number of nitrogens with zero attached hydrogens (tertiary/aromatic N) is 3. The number of benzene rings is 1. The molecule has 5 nitrogen and oxygen atoms in total. The summed E-state index contributed by atoms with van der Waals surface area (Å²) in [7, 11) is 0. The first kappa shape index (κ1) is 22.0. The van der Waals surface area contributed by atoms with E-state index in [1.165, 1.54) is 5.56 Å². The van der Waals surface area contributed by atoms with Gasteiger partial charge in [-0.25, -0.2) is 4.79 Å². The highest BCUT2D eigenvalue weighted by atomic mass is 35.5. The summed E-state index contributed by atoms with van der Waals surface area (Å²) in [5, 5.41) is 0. The molecule has 0 bridgehead atoms. The molecule has 1 amide bonds. The highest BCUT2D eigenvalue weighted by Gasteiger charge is 2.30. The van der Waals surface area contributed by atoms with E-state index in [9.17, 15) is 4.79 Å². The fourth-order valence-electron chi connectivity index (χ4n) is 3.87. The van der Waals surface area contributed by atoms with Crippen molar-refractivity contribution in [2.24, 2.45) is 0 Å². The van der Waals surface area contributed by atoms with Gasteiger partial charge in [-0.15, -0.1) is 12.4 Å². The van der Waals surface area contributed by atoms with Crippen molar-refractivity contribution in [3.05, 3.63) is 35.9 Å². The van der Waals surface area contributed by atoms with Crippen molar-refractivity contribution in [2.45, 2.75) is 51.8 Å². The van der Waals surface area contributed by atoms with Crippen LogP contribution in [0.15, 0.2) is 30.3 Å². The normalized spacial score (nSPS) is 20.2. The molecule has 0 spiro atoms. The third kappa shape index (κ3) is 6.66. The van der Waals surface area contributed by atoms with Gasteiger partial charge in [0.15, 0.2) is 0 Å². The van der Waals surface area contributed by atoms with Crippen LogP contribution in [0.1, 0.15) is 39.2 Å². The van der Waals surface area contributed by atoms with Crippen LogP contribution in [0.5, 0.6) is 0 Å². The maximum absolute atomic E-state index is 12.2. The molecule has 2 heterocycles. The van der Waals surface area contributed by atoms with Crippen LogP contribution in [-0.2, 0) is 11.3 Å². The molecule has 2 fully saturated rings. The van der Waals surface area contributed by atoms with Crippen molar-refractivity contribution >= 4 is 18.5 Å². The van der Waals surface area contributed by atoms with E-state index in [1.807, 2.05) is 25.7 Å². The minimum absolute atomic E-state index is 0. The Morgan fingerprint density at radius 1 is 1.00 bits per heavy atom. The maximum Gasteiger partial charge on any atom is 0.410 e. The lowest BCUT2D eigenvalue weighted by molar-refractivity contribution is 0.00969. The monoisotopic (exact) mass is 395 g/mol. The SMILES string of the molecule is CC(C)(C)OC(=O)N1CCC(N2CCN(Cc3ccccc3)CC2)CC1.Cl. The lowest BCUT2D eigenvalue weighted by atomic mass is 10.0. The lowest BCUT2D eigenvalue weighted by Crippen LogP contribution is -2.53. The van der Waals surface area contributed by atoms with Gasteiger partial charge in [0.1, 0.15) is 5.60 Å². The molecule has 6 heteroatoms. The largest absolute Gasteiger partial charge is 0.444 e. The number of hydrogen-bond donors (Lipinski definition) is 0. The zero-order chi connectivity index (χ0) is 18.6. The molecule has 0 saturated carbocycles. The van der Waals surface area contributed by atoms with Gasteiger partial charge in [0.2, 0.25) is 0 Å². The zero-order valence-corrected chi connectivity index (χ0v) is 17.7. The van der Waals surface area contributed by atoms with E-state index in [0.29, 0.717) is 6.04 Å². The second-order valence-electron chi connectivity index (χ2n) is 8.50. The first-order valence-electron chi connectivity index (χ1n) is 9.89. The van der Waals surface area contributed by atoms with Crippen LogP contribution in [0.25, 0.3) is 0 Å². The molecular weight excluding hydrogens is 362 g/mol. The fraction of sp³-hybridized carbons (Fsp3) is 0.667. The molecular formula is C21H34ClN3O2. The Morgan fingerprint density at radius 3 is 2.15 bits per heavy atom. The summed E-state index contributed by atoms with van der Waals surface area (Å²) in [4.78, 5) is 19.2. The molecule has 2 aliphatic heterocycles. The third-order valence-corrected chi connectivity index (χ3v) is 5.29. The van der Waals surface area contributed by atoms with Gasteiger partial charge in [-0.2, -0.15) is 0 Å². The molecule has 2 saturated heterocycles. The van der Waals surface area contributed by atoms with Gasteiger partial charge >= 0.3 is 6.09 Å². The van der Waals surface area contributed by atoms with Crippen LogP contribution < -0.4 is 0 Å². The van der Waals surface area contributed by atoms with E-state index < -0.39 is 5.60 Å². The molecule has 3 rings (SSSR count). The van der Waals surface area contributed by atoms with E-state index in [2.05, 4.69) is 40.1 Å². The Kier molecular flexibility index (Phi) is 7.95. The van der Waals surface area contributed by atoms with Crippen LogP contribution in [0.2, 0.25) is 0 Å². The van der Waals surface area contributed by atoms with Crippen LogP contribution in [0, 0.1) is 0 Å². The molecule has 152 valence electrons. The number of hydrogen-bond acceptors (Lipinski definition) is 4. The number of ether oxygens (including phenoxy) is 1. The second-order valence-corrected chi connectivity index (χ2v) is 8.50. The average Bonchev–Trinajstić information content (AvgIpc) is 2.62. The van der Waals surface area contributed by atoms with Crippen LogP contribution in [-0.4, -0.2) is 71.7 Å². The minimum atomic E-state index is -0.414. The predicted octanol–water partition coefficient (Wildman–Crippen LogP) is 3.63. The number of amides is 1. The molecule has 0 aromatic heterocycles. The van der Waals surface area contributed by atoms with E-state index >= 15 is 0 Å². The average molecular weight is 396 g/mol. The van der Waals surface area contributed by atoms with Crippen molar-refractivity contribution in [2.75, 3.05) is 39.3 Å². The quantitative estimate of drug-likeness (QED) is 0.783. The van der Waals surface area contributed by atoms with Gasteiger partial charge in [-0.3, -0.25) is 9.80 Å². The summed E-state index contributed by atoms with van der Waals surface area (Å²) in [6, 6.07) is 11.3. The highest BCUT2D eigenvalue weighted by molar-refractivity contribution is 5.85. The smallest absolute Gasteiger partial charge is 0.410 e.